The van der Waals surface area contributed by atoms with Gasteiger partial charge in [-0.15, -0.1) is 12.4 Å². The van der Waals surface area contributed by atoms with E-state index < -0.39 is 0 Å². The van der Waals surface area contributed by atoms with E-state index in [2.05, 4.69) is 10.1 Å². The van der Waals surface area contributed by atoms with E-state index in [9.17, 15) is 4.79 Å². The van der Waals surface area contributed by atoms with Crippen LogP contribution in [-0.4, -0.2) is 26.7 Å². The minimum Gasteiger partial charge on any atom is -0.497 e. The zero-order valence-electron chi connectivity index (χ0n) is 9.15. The van der Waals surface area contributed by atoms with Gasteiger partial charge in [0.05, 0.1) is 18.5 Å². The van der Waals surface area contributed by atoms with Crippen molar-refractivity contribution >= 4 is 29.7 Å². The third kappa shape index (κ3) is 3.96. The van der Waals surface area contributed by atoms with Crippen LogP contribution in [0.4, 0.5) is 11.4 Å². The predicted octanol–water partition coefficient (Wildman–Crippen LogP) is 1.28. The Bertz CT molecular complexity index is 358. The van der Waals surface area contributed by atoms with E-state index in [0.29, 0.717) is 17.1 Å². The number of nitrogens with one attached hydrogen (secondary N) is 1. The summed E-state index contributed by atoms with van der Waals surface area (Å²) in [6, 6.07) is 5.05. The fraction of sp³-hybridized carbons (Fsp3) is 0.300. The summed E-state index contributed by atoms with van der Waals surface area (Å²) in [5.74, 6) is 0.384. The van der Waals surface area contributed by atoms with Crippen LogP contribution in [-0.2, 0) is 9.53 Å². The number of benzene rings is 1. The Kier molecular flexibility index (Phi) is 6.29. The molecule has 1 amide bonds. The summed E-state index contributed by atoms with van der Waals surface area (Å²) in [5.41, 5.74) is 6.69. The van der Waals surface area contributed by atoms with Crippen molar-refractivity contribution in [1.29, 1.82) is 0 Å². The van der Waals surface area contributed by atoms with Crippen LogP contribution in [0.3, 0.4) is 0 Å². The van der Waals surface area contributed by atoms with Gasteiger partial charge in [0.1, 0.15) is 12.4 Å². The zero-order chi connectivity index (χ0) is 11.3. The van der Waals surface area contributed by atoms with Gasteiger partial charge in [-0.2, -0.15) is 0 Å². The normalized spacial score (nSPS) is 9.12. The number of carbonyl (C=O) groups excluding carboxylic acids is 1. The molecule has 90 valence electrons. The number of halogens is 1. The molecule has 3 N–H and O–H groups in total. The van der Waals surface area contributed by atoms with E-state index in [1.165, 1.54) is 7.11 Å². The molecule has 0 atom stereocenters. The minimum atomic E-state index is -0.252. The molecule has 6 heteroatoms. The Balaban J connectivity index is 0.00000225. The van der Waals surface area contributed by atoms with Gasteiger partial charge in [0.25, 0.3) is 0 Å². The molecule has 0 aliphatic carbocycles. The second-order valence-electron chi connectivity index (χ2n) is 2.93. The number of hydrogen-bond acceptors (Lipinski definition) is 4. The molecule has 5 nitrogen and oxygen atoms in total. The Hall–Kier alpha value is -1.46. The summed E-state index contributed by atoms with van der Waals surface area (Å²) in [6.07, 6.45) is 0. The zero-order valence-corrected chi connectivity index (χ0v) is 9.97. The van der Waals surface area contributed by atoms with E-state index in [-0.39, 0.29) is 24.9 Å². The topological polar surface area (TPSA) is 73.6 Å². The largest absolute Gasteiger partial charge is 0.497 e. The molecule has 0 bridgehead atoms. The van der Waals surface area contributed by atoms with Crippen molar-refractivity contribution in [2.75, 3.05) is 31.9 Å². The lowest BCUT2D eigenvalue weighted by atomic mass is 10.2. The van der Waals surface area contributed by atoms with Gasteiger partial charge in [-0.3, -0.25) is 4.79 Å². The van der Waals surface area contributed by atoms with Crippen LogP contribution in [0.2, 0.25) is 0 Å². The third-order valence-electron chi connectivity index (χ3n) is 1.81. The highest BCUT2D eigenvalue weighted by Gasteiger charge is 2.05. The van der Waals surface area contributed by atoms with E-state index in [0.717, 1.165) is 0 Å². The fourth-order valence-corrected chi connectivity index (χ4v) is 1.09. The number of nitrogen functional groups attached to an aromatic ring is 1. The van der Waals surface area contributed by atoms with Gasteiger partial charge >= 0.3 is 0 Å². The van der Waals surface area contributed by atoms with Crippen LogP contribution in [0.15, 0.2) is 18.2 Å². The molecule has 0 aromatic heterocycles. The van der Waals surface area contributed by atoms with Crippen molar-refractivity contribution < 1.29 is 14.3 Å². The van der Waals surface area contributed by atoms with E-state index >= 15 is 0 Å². The first kappa shape index (κ1) is 14.5. The van der Waals surface area contributed by atoms with Crippen molar-refractivity contribution in [2.24, 2.45) is 0 Å². The number of rotatable bonds is 4. The van der Waals surface area contributed by atoms with Gasteiger partial charge in [-0.1, -0.05) is 0 Å². The van der Waals surface area contributed by atoms with Crippen molar-refractivity contribution in [3.8, 4) is 5.75 Å². The smallest absolute Gasteiger partial charge is 0.250 e. The Labute approximate surface area is 100 Å². The molecule has 16 heavy (non-hydrogen) atoms. The maximum atomic E-state index is 11.2. The lowest BCUT2D eigenvalue weighted by Gasteiger charge is -2.09. The quantitative estimate of drug-likeness (QED) is 0.785. The monoisotopic (exact) mass is 246 g/mol. The number of nitrogens with two attached hydrogens (primary N) is 1. The molecule has 0 unspecified atom stereocenters. The number of hydrogen-bond donors (Lipinski definition) is 2. The molecule has 1 rings (SSSR count). The highest BCUT2D eigenvalue weighted by Crippen LogP contribution is 2.24. The average molecular weight is 247 g/mol. The van der Waals surface area contributed by atoms with Gasteiger partial charge < -0.3 is 20.5 Å². The number of methoxy groups -OCH3 is 2. The van der Waals surface area contributed by atoms with Gasteiger partial charge in [0.2, 0.25) is 5.91 Å². The second kappa shape index (κ2) is 6.92. The minimum absolute atomic E-state index is 0. The summed E-state index contributed by atoms with van der Waals surface area (Å²) >= 11 is 0. The van der Waals surface area contributed by atoms with E-state index in [1.54, 1.807) is 25.3 Å². The molecule has 0 spiro atoms. The molecule has 1 aromatic carbocycles. The third-order valence-corrected chi connectivity index (χ3v) is 1.81. The summed E-state index contributed by atoms with van der Waals surface area (Å²) in [5, 5.41) is 2.62. The number of ether oxygens (including phenoxy) is 2. The molecule has 0 aliphatic rings. The predicted molar refractivity (Wildman–Crippen MR) is 65.2 cm³/mol. The van der Waals surface area contributed by atoms with Crippen molar-refractivity contribution in [3.63, 3.8) is 0 Å². The van der Waals surface area contributed by atoms with Crippen molar-refractivity contribution in [1.82, 2.24) is 0 Å². The maximum Gasteiger partial charge on any atom is 0.250 e. The van der Waals surface area contributed by atoms with Crippen LogP contribution < -0.4 is 15.8 Å². The lowest BCUT2D eigenvalue weighted by molar-refractivity contribution is -0.119. The Morgan fingerprint density at radius 3 is 2.69 bits per heavy atom. The first-order chi connectivity index (χ1) is 7.17. The van der Waals surface area contributed by atoms with Crippen LogP contribution >= 0.6 is 12.4 Å². The summed E-state index contributed by atoms with van der Waals surface area (Å²) < 4.78 is 9.70. The molecule has 1 aromatic rings. The lowest BCUT2D eigenvalue weighted by Crippen LogP contribution is -2.17. The standard InChI is InChI=1S/C10H14N2O3.ClH/c1-14-6-10(13)12-9-5-7(15-2)3-4-8(9)11;/h3-5H,6,11H2,1-2H3,(H,12,13);1H. The molecule has 0 saturated heterocycles. The van der Waals surface area contributed by atoms with Crippen molar-refractivity contribution in [2.45, 2.75) is 0 Å². The summed E-state index contributed by atoms with van der Waals surface area (Å²) in [6.45, 7) is -0.00332. The van der Waals surface area contributed by atoms with Gasteiger partial charge in [-0.05, 0) is 12.1 Å². The first-order valence-corrected chi connectivity index (χ1v) is 4.39. The van der Waals surface area contributed by atoms with Crippen LogP contribution in [0, 0.1) is 0 Å². The Morgan fingerprint density at radius 1 is 1.44 bits per heavy atom. The number of anilines is 2. The van der Waals surface area contributed by atoms with Crippen LogP contribution in [0.1, 0.15) is 0 Å². The van der Waals surface area contributed by atoms with E-state index in [1.807, 2.05) is 0 Å². The summed E-state index contributed by atoms with van der Waals surface area (Å²) in [4.78, 5) is 11.2. The van der Waals surface area contributed by atoms with Gasteiger partial charge in [-0.25, -0.2) is 0 Å². The number of carbonyl (C=O) groups is 1. The van der Waals surface area contributed by atoms with E-state index in [4.69, 9.17) is 10.5 Å². The molecular weight excluding hydrogens is 232 g/mol. The van der Waals surface area contributed by atoms with Gasteiger partial charge in [0.15, 0.2) is 0 Å². The summed E-state index contributed by atoms with van der Waals surface area (Å²) in [7, 11) is 3.00. The molecule has 0 saturated carbocycles. The van der Waals surface area contributed by atoms with Crippen molar-refractivity contribution in [3.05, 3.63) is 18.2 Å². The molecule has 0 fully saturated rings. The van der Waals surface area contributed by atoms with Crippen LogP contribution in [0.25, 0.3) is 0 Å². The molecule has 0 aliphatic heterocycles. The van der Waals surface area contributed by atoms with Gasteiger partial charge in [0, 0.05) is 13.2 Å². The fourth-order valence-electron chi connectivity index (χ4n) is 1.09. The highest BCUT2D eigenvalue weighted by atomic mass is 35.5. The second-order valence-corrected chi connectivity index (χ2v) is 2.93. The maximum absolute atomic E-state index is 11.2. The molecule has 0 heterocycles. The average Bonchev–Trinajstić information content (AvgIpc) is 2.21. The Morgan fingerprint density at radius 2 is 2.12 bits per heavy atom. The highest BCUT2D eigenvalue weighted by molar-refractivity contribution is 5.94. The molecule has 0 radical (unpaired) electrons. The molecular formula is C10H15ClN2O3. The van der Waals surface area contributed by atoms with Crippen LogP contribution in [0.5, 0.6) is 5.75 Å². The SMILES string of the molecule is COCC(=O)Nc1cc(OC)ccc1N.Cl. The first-order valence-electron chi connectivity index (χ1n) is 4.39. The number of amides is 1.